The molecule has 11 heteroatoms. The number of halogens is 1. The van der Waals surface area contributed by atoms with Crippen LogP contribution in [0.1, 0.15) is 69.6 Å². The van der Waals surface area contributed by atoms with Crippen LogP contribution < -0.4 is 10.4 Å². The maximum absolute atomic E-state index is 15.0. The normalized spacial score (nSPS) is 22.2. The molecule has 3 saturated heterocycles. The molecule has 340 valence electrons. The first kappa shape index (κ1) is 45.7. The van der Waals surface area contributed by atoms with Crippen LogP contribution in [0, 0.1) is 23.6 Å². The van der Waals surface area contributed by atoms with E-state index in [1.807, 2.05) is 54.6 Å². The number of amides is 2. The van der Waals surface area contributed by atoms with E-state index >= 15 is 0 Å². The number of phenolic OH excluding ortho intramolecular Hbond substituents is 1. The third-order valence-corrected chi connectivity index (χ3v) is 19.5. The third-order valence-electron chi connectivity index (χ3n) is 14.5. The molecule has 3 aliphatic heterocycles. The molecule has 0 unspecified atom stereocenters. The Labute approximate surface area is 390 Å². The summed E-state index contributed by atoms with van der Waals surface area (Å²) >= 11 is 0. The number of fused-ring (bicyclic) bond motifs is 3. The van der Waals surface area contributed by atoms with Gasteiger partial charge < -0.3 is 19.2 Å². The average molecular weight is 903 g/mol. The van der Waals surface area contributed by atoms with Gasteiger partial charge in [-0.1, -0.05) is 154 Å². The van der Waals surface area contributed by atoms with Crippen molar-refractivity contribution >= 4 is 49.3 Å². The van der Waals surface area contributed by atoms with Gasteiger partial charge in [-0.2, -0.15) is 0 Å². The minimum Gasteiger partial charge on any atom is -0.505 e. The molecular weight excluding hydrogens is 843 g/mol. The van der Waals surface area contributed by atoms with Gasteiger partial charge in [-0.05, 0) is 105 Å². The zero-order valence-electron chi connectivity index (χ0n) is 38.2. The molecular formula is C55H60BFN2O6Si. The summed E-state index contributed by atoms with van der Waals surface area (Å²) in [5, 5.41) is 23.6. The molecule has 0 saturated carbocycles. The number of piperidine rings is 1. The van der Waals surface area contributed by atoms with Crippen LogP contribution in [0.15, 0.2) is 151 Å². The van der Waals surface area contributed by atoms with E-state index in [0.717, 1.165) is 52.3 Å². The van der Waals surface area contributed by atoms with E-state index in [1.54, 1.807) is 11.0 Å². The summed E-state index contributed by atoms with van der Waals surface area (Å²) in [6.45, 7) is 9.40. The molecule has 3 heterocycles. The van der Waals surface area contributed by atoms with Gasteiger partial charge in [0.15, 0.2) is 11.6 Å². The molecule has 9 rings (SSSR count). The Morgan fingerprint density at radius 3 is 2.05 bits per heavy atom. The Morgan fingerprint density at radius 2 is 1.44 bits per heavy atom. The number of phenols is 1. The molecule has 4 atom stereocenters. The monoisotopic (exact) mass is 902 g/mol. The van der Waals surface area contributed by atoms with Crippen molar-refractivity contribution in [1.82, 2.24) is 9.80 Å². The van der Waals surface area contributed by atoms with Crippen molar-refractivity contribution in [3.63, 3.8) is 0 Å². The number of nitrogens with zero attached hydrogens (tertiary/aromatic N) is 2. The van der Waals surface area contributed by atoms with Crippen LogP contribution in [0.5, 0.6) is 5.75 Å². The van der Waals surface area contributed by atoms with Crippen molar-refractivity contribution in [2.24, 2.45) is 17.8 Å². The van der Waals surface area contributed by atoms with Crippen LogP contribution in [0.4, 0.5) is 4.39 Å². The summed E-state index contributed by atoms with van der Waals surface area (Å²) in [7, 11) is -4.19. The highest BCUT2D eigenvalue weighted by molar-refractivity contribution is 6.99. The number of rotatable bonds is 13. The molecule has 1 aliphatic carbocycles. The molecule has 8 nitrogen and oxygen atoms in total. The summed E-state index contributed by atoms with van der Waals surface area (Å²) in [5.41, 5.74) is 5.66. The molecule has 0 spiro atoms. The fourth-order valence-electron chi connectivity index (χ4n) is 11.5. The minimum absolute atomic E-state index is 0.110. The van der Waals surface area contributed by atoms with Crippen LogP contribution in [-0.4, -0.2) is 79.0 Å². The second-order valence-electron chi connectivity index (χ2n) is 19.6. The largest absolute Gasteiger partial charge is 0.505 e. The number of benzene rings is 5. The Balaban J connectivity index is 1.08. The van der Waals surface area contributed by atoms with Crippen molar-refractivity contribution in [2.45, 2.75) is 82.9 Å². The van der Waals surface area contributed by atoms with Crippen LogP contribution in [-0.2, 0) is 25.2 Å². The summed E-state index contributed by atoms with van der Waals surface area (Å²) in [5.74, 6) is -2.96. The van der Waals surface area contributed by atoms with Gasteiger partial charge in [0.05, 0.1) is 24.5 Å². The van der Waals surface area contributed by atoms with Gasteiger partial charge in [0.25, 0.3) is 8.32 Å². The molecule has 3 fully saturated rings. The summed E-state index contributed by atoms with van der Waals surface area (Å²) in [4.78, 5) is 33.9. The molecule has 66 heavy (non-hydrogen) atoms. The van der Waals surface area contributed by atoms with Gasteiger partial charge in [0.2, 0.25) is 11.8 Å². The zero-order valence-corrected chi connectivity index (χ0v) is 39.2. The van der Waals surface area contributed by atoms with Gasteiger partial charge >= 0.3 is 7.12 Å². The molecule has 0 radical (unpaired) electrons. The summed E-state index contributed by atoms with van der Waals surface area (Å²) < 4.78 is 28.8. The van der Waals surface area contributed by atoms with E-state index in [4.69, 9.17) is 9.08 Å². The van der Waals surface area contributed by atoms with E-state index in [1.165, 1.54) is 17.7 Å². The molecule has 2 amide bonds. The van der Waals surface area contributed by atoms with E-state index in [9.17, 15) is 24.1 Å². The smallest absolute Gasteiger partial charge is 0.455 e. The Bertz CT molecular complexity index is 2520. The third kappa shape index (κ3) is 9.16. The molecule has 4 aliphatic rings. The maximum Gasteiger partial charge on any atom is 0.455 e. The second kappa shape index (κ2) is 19.4. The first-order valence-electron chi connectivity index (χ1n) is 23.6. The minimum atomic E-state index is -3.05. The lowest BCUT2D eigenvalue weighted by molar-refractivity contribution is -0.144. The van der Waals surface area contributed by atoms with Gasteiger partial charge in [-0.15, -0.1) is 0 Å². The van der Waals surface area contributed by atoms with Gasteiger partial charge in [-0.3, -0.25) is 19.4 Å². The number of hydrogen-bond donors (Lipinski definition) is 2. The lowest BCUT2D eigenvalue weighted by Crippen LogP contribution is -2.66. The average Bonchev–Trinajstić information content (AvgIpc) is 3.58. The highest BCUT2D eigenvalue weighted by Crippen LogP contribution is 2.52. The number of imide groups is 1. The molecule has 2 N–H and O–H groups in total. The number of allylic oxidation sites excluding steroid dienone is 1. The molecule has 0 aromatic heterocycles. The van der Waals surface area contributed by atoms with Crippen LogP contribution in [0.3, 0.4) is 0 Å². The Kier molecular flexibility index (Phi) is 13.5. The summed E-state index contributed by atoms with van der Waals surface area (Å²) in [6.07, 6.45) is 4.29. The molecule has 5 aromatic rings. The number of hydrogen-bond acceptors (Lipinski definition) is 7. The topological polar surface area (TPSA) is 99.5 Å². The maximum atomic E-state index is 15.0. The Hall–Kier alpha value is -5.43. The first-order chi connectivity index (χ1) is 31.9. The van der Waals surface area contributed by atoms with Crippen molar-refractivity contribution in [1.29, 1.82) is 0 Å². The van der Waals surface area contributed by atoms with Crippen LogP contribution >= 0.6 is 0 Å². The standard InChI is InChI=1S/C55H60BFN2O6Si/c1-55(2,3)66(44-20-12-6-13-21-44,45-22-14-7-15-23-45)64-37-42-34-46-52(54(62)59(53(46)61)43-28-30-58(31-29-43)36-38-16-8-4-9-17-38)47-35-56(63)65-50(51(42)47)27-25-41(40-18-10-5-11-19-40)32-39-24-26-49(60)48(57)33-39/h4-24,26,32-33,43,46-47,50,52,60,63H,25,27-31,34-37H2,1-3H3/b41-32-/t46-,47+,50-,52-/m1/s1. The molecule has 5 aromatic carbocycles. The fraction of sp³-hybridized carbons (Fsp3) is 0.345. The van der Waals surface area contributed by atoms with Crippen molar-refractivity contribution in [3.05, 3.63) is 173 Å². The van der Waals surface area contributed by atoms with E-state index < -0.39 is 50.9 Å². The lowest BCUT2D eigenvalue weighted by atomic mass is 9.58. The molecule has 0 bridgehead atoms. The highest BCUT2D eigenvalue weighted by Gasteiger charge is 2.59. The Morgan fingerprint density at radius 1 is 0.833 bits per heavy atom. The highest BCUT2D eigenvalue weighted by atomic mass is 28.4. The fourth-order valence-corrected chi connectivity index (χ4v) is 16.0. The zero-order chi connectivity index (χ0) is 46.0. The van der Waals surface area contributed by atoms with Crippen LogP contribution in [0.25, 0.3) is 11.6 Å². The van der Waals surface area contributed by atoms with Crippen molar-refractivity contribution < 1.29 is 33.2 Å². The van der Waals surface area contributed by atoms with Gasteiger partial charge in [0.1, 0.15) is 0 Å². The SMILES string of the molecule is CC(C)(C)[Si](OCC1=C2[C@@H](CC/C(=C/c3ccc(O)c(F)c3)c3ccccc3)OB(O)C[C@@H]2[C@@H]2C(=O)N(C3CCN(Cc4ccccc4)CC3)C(=O)[C@@H]2C1)(c1ccccc1)c1ccccc1. The quantitative estimate of drug-likeness (QED) is 0.0528. The van der Waals surface area contributed by atoms with Gasteiger partial charge in [0, 0.05) is 25.7 Å². The predicted molar refractivity (Wildman–Crippen MR) is 262 cm³/mol. The number of carbonyl (C=O) groups excluding carboxylic acids is 2. The van der Waals surface area contributed by atoms with Gasteiger partial charge in [-0.25, -0.2) is 4.39 Å². The number of aromatic hydroxyl groups is 1. The van der Waals surface area contributed by atoms with Crippen molar-refractivity contribution in [2.75, 3.05) is 19.7 Å². The van der Waals surface area contributed by atoms with E-state index in [0.29, 0.717) is 37.7 Å². The van der Waals surface area contributed by atoms with E-state index in [2.05, 4.69) is 98.5 Å². The lowest BCUT2D eigenvalue weighted by Gasteiger charge is -2.46. The first-order valence-corrected chi connectivity index (χ1v) is 25.5. The van der Waals surface area contributed by atoms with Crippen LogP contribution in [0.2, 0.25) is 11.4 Å². The summed E-state index contributed by atoms with van der Waals surface area (Å²) in [6, 6.07) is 45.5. The number of likely N-dealkylation sites (tertiary alicyclic amines) is 2. The van der Waals surface area contributed by atoms with E-state index in [-0.39, 0.29) is 35.8 Å². The number of carbonyl (C=O) groups is 2. The van der Waals surface area contributed by atoms with Crippen molar-refractivity contribution in [3.8, 4) is 5.75 Å². The second-order valence-corrected chi connectivity index (χ2v) is 23.9. The predicted octanol–water partition coefficient (Wildman–Crippen LogP) is 8.89.